The van der Waals surface area contributed by atoms with E-state index in [0.717, 1.165) is 4.47 Å². The van der Waals surface area contributed by atoms with Gasteiger partial charge in [0, 0.05) is 16.3 Å². The normalized spacial score (nSPS) is 11.1. The van der Waals surface area contributed by atoms with Crippen LogP contribution in [0.2, 0.25) is 0 Å². The molecule has 0 radical (unpaired) electrons. The standard InChI is InChI=1S/C14H11BrFNO/c1-9-6-12(3-4-13(9)16)17-8-10-7-11(15)2-5-14(10)18/h2-8,18H,1H3. The fourth-order valence-corrected chi connectivity index (χ4v) is 1.86. The maximum atomic E-state index is 13.1. The molecule has 92 valence electrons. The third-order valence-corrected chi connectivity index (χ3v) is 2.98. The van der Waals surface area contributed by atoms with Crippen molar-refractivity contribution in [1.82, 2.24) is 0 Å². The van der Waals surface area contributed by atoms with Crippen LogP contribution in [-0.4, -0.2) is 11.3 Å². The summed E-state index contributed by atoms with van der Waals surface area (Å²) in [6.45, 7) is 1.69. The zero-order chi connectivity index (χ0) is 13.1. The lowest BCUT2D eigenvalue weighted by Crippen LogP contribution is -1.83. The SMILES string of the molecule is Cc1cc(N=Cc2cc(Br)ccc2O)ccc1F. The molecule has 2 nitrogen and oxygen atoms in total. The zero-order valence-electron chi connectivity index (χ0n) is 9.69. The summed E-state index contributed by atoms with van der Waals surface area (Å²) in [6, 6.07) is 9.71. The molecule has 0 aliphatic heterocycles. The highest BCUT2D eigenvalue weighted by Crippen LogP contribution is 2.22. The summed E-state index contributed by atoms with van der Waals surface area (Å²) in [5, 5.41) is 9.64. The van der Waals surface area contributed by atoms with E-state index >= 15 is 0 Å². The number of hydrogen-bond donors (Lipinski definition) is 1. The molecule has 0 fully saturated rings. The Morgan fingerprint density at radius 2 is 2.00 bits per heavy atom. The summed E-state index contributed by atoms with van der Waals surface area (Å²) < 4.78 is 13.9. The first kappa shape index (κ1) is 12.8. The Morgan fingerprint density at radius 1 is 1.22 bits per heavy atom. The van der Waals surface area contributed by atoms with Crippen molar-refractivity contribution in [2.24, 2.45) is 4.99 Å². The Labute approximate surface area is 113 Å². The average molecular weight is 308 g/mol. The lowest BCUT2D eigenvalue weighted by atomic mass is 10.2. The topological polar surface area (TPSA) is 32.6 Å². The molecule has 0 saturated carbocycles. The highest BCUT2D eigenvalue weighted by Gasteiger charge is 2.00. The molecule has 0 unspecified atom stereocenters. The minimum absolute atomic E-state index is 0.154. The molecule has 4 heteroatoms. The molecular weight excluding hydrogens is 297 g/mol. The van der Waals surface area contributed by atoms with Gasteiger partial charge in [-0.05, 0) is 48.9 Å². The van der Waals surface area contributed by atoms with Gasteiger partial charge in [-0.1, -0.05) is 15.9 Å². The van der Waals surface area contributed by atoms with Crippen LogP contribution in [0.4, 0.5) is 10.1 Å². The van der Waals surface area contributed by atoms with Gasteiger partial charge >= 0.3 is 0 Å². The Hall–Kier alpha value is -1.68. The molecule has 2 aromatic rings. The van der Waals surface area contributed by atoms with Gasteiger partial charge in [-0.25, -0.2) is 4.39 Å². The van der Waals surface area contributed by atoms with Crippen molar-refractivity contribution in [3.05, 3.63) is 57.8 Å². The van der Waals surface area contributed by atoms with E-state index in [9.17, 15) is 9.50 Å². The van der Waals surface area contributed by atoms with E-state index in [1.807, 2.05) is 0 Å². The maximum absolute atomic E-state index is 13.1. The highest BCUT2D eigenvalue weighted by atomic mass is 79.9. The number of benzene rings is 2. The van der Waals surface area contributed by atoms with Gasteiger partial charge in [0.25, 0.3) is 0 Å². The first-order valence-corrected chi connectivity index (χ1v) is 6.14. The zero-order valence-corrected chi connectivity index (χ0v) is 11.3. The first-order valence-electron chi connectivity index (χ1n) is 5.35. The van der Waals surface area contributed by atoms with Gasteiger partial charge < -0.3 is 5.11 Å². The van der Waals surface area contributed by atoms with Gasteiger partial charge in [0.15, 0.2) is 0 Å². The number of halogens is 2. The van der Waals surface area contributed by atoms with Crippen molar-refractivity contribution in [3.63, 3.8) is 0 Å². The van der Waals surface area contributed by atoms with Crippen LogP contribution in [0.3, 0.4) is 0 Å². The second-order valence-electron chi connectivity index (χ2n) is 3.89. The Bertz CT molecular complexity index is 611. The van der Waals surface area contributed by atoms with Gasteiger partial charge in [0.2, 0.25) is 0 Å². The van der Waals surface area contributed by atoms with Crippen LogP contribution in [0.15, 0.2) is 45.9 Å². The van der Waals surface area contributed by atoms with E-state index in [1.165, 1.54) is 6.07 Å². The number of aliphatic imine (C=N–C) groups is 1. The van der Waals surface area contributed by atoms with E-state index < -0.39 is 0 Å². The molecule has 2 aromatic carbocycles. The molecule has 0 saturated heterocycles. The van der Waals surface area contributed by atoms with Gasteiger partial charge in [-0.3, -0.25) is 4.99 Å². The monoisotopic (exact) mass is 307 g/mol. The Kier molecular flexibility index (Phi) is 3.77. The quantitative estimate of drug-likeness (QED) is 0.822. The van der Waals surface area contributed by atoms with Crippen molar-refractivity contribution in [2.45, 2.75) is 6.92 Å². The van der Waals surface area contributed by atoms with Crippen LogP contribution in [0, 0.1) is 12.7 Å². The van der Waals surface area contributed by atoms with Crippen LogP contribution >= 0.6 is 15.9 Å². The molecule has 0 aliphatic rings. The van der Waals surface area contributed by atoms with E-state index in [2.05, 4.69) is 20.9 Å². The van der Waals surface area contributed by atoms with Crippen molar-refractivity contribution in [1.29, 1.82) is 0 Å². The molecule has 0 atom stereocenters. The third-order valence-electron chi connectivity index (χ3n) is 2.48. The lowest BCUT2D eigenvalue weighted by Gasteiger charge is -2.00. The summed E-state index contributed by atoms with van der Waals surface area (Å²) in [6.07, 6.45) is 1.55. The smallest absolute Gasteiger partial charge is 0.126 e. The lowest BCUT2D eigenvalue weighted by molar-refractivity contribution is 0.474. The van der Waals surface area contributed by atoms with Crippen LogP contribution in [0.1, 0.15) is 11.1 Å². The van der Waals surface area contributed by atoms with Crippen LogP contribution in [-0.2, 0) is 0 Å². The predicted octanol–water partition coefficient (Wildman–Crippen LogP) is 4.35. The minimum Gasteiger partial charge on any atom is -0.507 e. The van der Waals surface area contributed by atoms with Gasteiger partial charge in [0.1, 0.15) is 11.6 Å². The highest BCUT2D eigenvalue weighted by molar-refractivity contribution is 9.10. The fraction of sp³-hybridized carbons (Fsp3) is 0.0714. The summed E-state index contributed by atoms with van der Waals surface area (Å²) in [5.74, 6) is -0.0972. The molecule has 0 bridgehead atoms. The molecule has 0 heterocycles. The maximum Gasteiger partial charge on any atom is 0.126 e. The molecule has 2 rings (SSSR count). The number of nitrogens with zero attached hydrogens (tertiary/aromatic N) is 1. The van der Waals surface area contributed by atoms with E-state index in [-0.39, 0.29) is 11.6 Å². The fourth-order valence-electron chi connectivity index (χ4n) is 1.48. The third kappa shape index (κ3) is 2.96. The number of hydrogen-bond acceptors (Lipinski definition) is 2. The minimum atomic E-state index is -0.251. The van der Waals surface area contributed by atoms with Gasteiger partial charge in [-0.15, -0.1) is 0 Å². The van der Waals surface area contributed by atoms with E-state index in [0.29, 0.717) is 16.8 Å². The van der Waals surface area contributed by atoms with Crippen LogP contribution < -0.4 is 0 Å². The Balaban J connectivity index is 2.29. The molecule has 0 amide bonds. The number of rotatable bonds is 2. The summed E-state index contributed by atoms with van der Waals surface area (Å²) >= 11 is 3.32. The molecule has 18 heavy (non-hydrogen) atoms. The second-order valence-corrected chi connectivity index (χ2v) is 4.81. The first-order chi connectivity index (χ1) is 8.56. The molecular formula is C14H11BrFNO. The molecule has 0 aliphatic carbocycles. The largest absolute Gasteiger partial charge is 0.507 e. The van der Waals surface area contributed by atoms with Crippen molar-refractivity contribution in [2.75, 3.05) is 0 Å². The summed E-state index contributed by atoms with van der Waals surface area (Å²) in [5.41, 5.74) is 1.79. The predicted molar refractivity (Wildman–Crippen MR) is 74.2 cm³/mol. The van der Waals surface area contributed by atoms with Crippen LogP contribution in [0.5, 0.6) is 5.75 Å². The summed E-state index contributed by atoms with van der Waals surface area (Å²) in [4.78, 5) is 4.21. The number of phenols is 1. The van der Waals surface area contributed by atoms with Crippen molar-refractivity contribution < 1.29 is 9.50 Å². The van der Waals surface area contributed by atoms with E-state index in [4.69, 9.17) is 0 Å². The molecule has 0 aromatic heterocycles. The van der Waals surface area contributed by atoms with Crippen molar-refractivity contribution in [3.8, 4) is 5.75 Å². The number of phenolic OH excluding ortho intramolecular Hbond substituents is 1. The van der Waals surface area contributed by atoms with Crippen LogP contribution in [0.25, 0.3) is 0 Å². The molecule has 1 N–H and O–H groups in total. The van der Waals surface area contributed by atoms with Crippen molar-refractivity contribution >= 4 is 27.8 Å². The number of aryl methyl sites for hydroxylation is 1. The molecule has 0 spiro atoms. The second kappa shape index (κ2) is 5.31. The number of aromatic hydroxyl groups is 1. The summed E-state index contributed by atoms with van der Waals surface area (Å²) in [7, 11) is 0. The van der Waals surface area contributed by atoms with Gasteiger partial charge in [0.05, 0.1) is 5.69 Å². The Morgan fingerprint density at radius 3 is 2.72 bits per heavy atom. The van der Waals surface area contributed by atoms with Gasteiger partial charge in [-0.2, -0.15) is 0 Å². The van der Waals surface area contributed by atoms with E-state index in [1.54, 1.807) is 43.5 Å². The average Bonchev–Trinajstić information content (AvgIpc) is 2.34.